The number of carbonyl (C=O) groups excluding carboxylic acids is 1. The molecular weight excluding hydrogens is 409 g/mol. The van der Waals surface area contributed by atoms with E-state index in [0.717, 1.165) is 8.96 Å². The van der Waals surface area contributed by atoms with Crippen molar-refractivity contribution in [2.75, 3.05) is 5.73 Å². The lowest BCUT2D eigenvalue weighted by Crippen LogP contribution is -2.29. The van der Waals surface area contributed by atoms with Gasteiger partial charge < -0.3 is 15.0 Å². The number of aromatic nitrogens is 3. The topological polar surface area (TPSA) is 107 Å². The lowest BCUT2D eigenvalue weighted by Gasteiger charge is -2.21. The summed E-state index contributed by atoms with van der Waals surface area (Å²) in [5.74, 6) is -0.169. The van der Waals surface area contributed by atoms with Gasteiger partial charge in [0.15, 0.2) is 0 Å². The van der Waals surface area contributed by atoms with E-state index >= 15 is 0 Å². The van der Waals surface area contributed by atoms with Crippen LogP contribution in [0.3, 0.4) is 0 Å². The predicted molar refractivity (Wildman–Crippen MR) is 97.6 cm³/mol. The number of rotatable bonds is 4. The Morgan fingerprint density at radius 2 is 2.13 bits per heavy atom. The van der Waals surface area contributed by atoms with Crippen molar-refractivity contribution < 1.29 is 9.53 Å². The minimum absolute atomic E-state index is 0.0636. The van der Waals surface area contributed by atoms with Crippen LogP contribution in [0.15, 0.2) is 12.5 Å². The smallest absolute Gasteiger partial charge is 0.352 e. The molecule has 7 nitrogen and oxygen atoms in total. The van der Waals surface area contributed by atoms with E-state index in [1.807, 2.05) is 17.7 Å². The molecule has 2 aromatic heterocycles. The summed E-state index contributed by atoms with van der Waals surface area (Å²) in [5, 5.41) is 8.76. The molecule has 0 spiro atoms. The molecule has 3 N–H and O–H groups in total. The maximum atomic E-state index is 11.9. The van der Waals surface area contributed by atoms with Crippen molar-refractivity contribution in [3.63, 3.8) is 0 Å². The maximum absolute atomic E-state index is 11.9. The number of nitrogens with zero attached hydrogens (tertiary/aromatic N) is 3. The minimum atomic E-state index is -0.607. The van der Waals surface area contributed by atoms with Crippen molar-refractivity contribution in [3.05, 3.63) is 16.1 Å². The van der Waals surface area contributed by atoms with Crippen LogP contribution in [-0.2, 0) is 9.53 Å². The molecule has 2 rings (SSSR count). The normalized spacial score (nSPS) is 13.1. The van der Waals surface area contributed by atoms with Gasteiger partial charge in [0, 0.05) is 22.2 Å². The van der Waals surface area contributed by atoms with Crippen molar-refractivity contribution in [2.24, 2.45) is 0 Å². The molecule has 0 amide bonds. The summed E-state index contributed by atoms with van der Waals surface area (Å²) in [4.78, 5) is 20.2. The van der Waals surface area contributed by atoms with E-state index in [9.17, 15) is 4.79 Å². The Kier molecular flexibility index (Phi) is 4.92. The van der Waals surface area contributed by atoms with Crippen molar-refractivity contribution >= 4 is 51.1 Å². The van der Waals surface area contributed by atoms with Gasteiger partial charge in [-0.2, -0.15) is 0 Å². The molecule has 0 aromatic carbocycles. The number of nitrogens with two attached hydrogens (primary N) is 1. The lowest BCUT2D eigenvalue weighted by molar-refractivity contribution is -0.146. The molecule has 8 heteroatoms. The van der Waals surface area contributed by atoms with Gasteiger partial charge in [-0.15, -0.1) is 0 Å². The van der Waals surface area contributed by atoms with Crippen LogP contribution in [0.1, 0.15) is 40.2 Å². The molecule has 0 saturated heterocycles. The monoisotopic (exact) mass is 429 g/mol. The fourth-order valence-corrected chi connectivity index (χ4v) is 3.03. The zero-order valence-electron chi connectivity index (χ0n) is 13.6. The molecule has 1 atom stereocenters. The number of hydrogen-bond donors (Lipinski definition) is 2. The summed E-state index contributed by atoms with van der Waals surface area (Å²) in [6.45, 7) is 7.27. The summed E-state index contributed by atoms with van der Waals surface area (Å²) >= 11 is 2.18. The van der Waals surface area contributed by atoms with Crippen LogP contribution in [0.5, 0.6) is 0 Å². The summed E-state index contributed by atoms with van der Waals surface area (Å²) in [6.07, 6.45) is 3.57. The summed E-state index contributed by atoms with van der Waals surface area (Å²) in [7, 11) is 0. The maximum Gasteiger partial charge on any atom is 0.352 e. The predicted octanol–water partition coefficient (Wildman–Crippen LogP) is 2.93. The molecule has 0 fully saturated rings. The van der Waals surface area contributed by atoms with Crippen LogP contribution in [0.25, 0.3) is 11.0 Å². The highest BCUT2D eigenvalue weighted by Gasteiger charge is 2.23. The fraction of sp³-hybridized carbons (Fsp3) is 0.467. The number of ether oxygens (including phenoxy) is 1. The average molecular weight is 429 g/mol. The Morgan fingerprint density at radius 1 is 1.48 bits per heavy atom. The van der Waals surface area contributed by atoms with Crippen molar-refractivity contribution in [1.29, 1.82) is 5.41 Å². The third-order valence-corrected chi connectivity index (χ3v) is 4.03. The van der Waals surface area contributed by atoms with Gasteiger partial charge in [-0.3, -0.25) is 5.41 Å². The van der Waals surface area contributed by atoms with Crippen molar-refractivity contribution in [3.8, 4) is 0 Å². The molecule has 23 heavy (non-hydrogen) atoms. The summed E-state index contributed by atoms with van der Waals surface area (Å²) in [5.41, 5.74) is 5.93. The third kappa shape index (κ3) is 3.98. The van der Waals surface area contributed by atoms with Gasteiger partial charge in [0.2, 0.25) is 0 Å². The molecule has 124 valence electrons. The first-order chi connectivity index (χ1) is 10.6. The zero-order valence-corrected chi connectivity index (χ0v) is 15.7. The molecule has 0 bridgehead atoms. The van der Waals surface area contributed by atoms with Crippen LogP contribution in [0, 0.1) is 8.98 Å². The average Bonchev–Trinajstić information content (AvgIpc) is 2.75. The first-order valence-electron chi connectivity index (χ1n) is 7.17. The number of nitrogen functional groups attached to an aromatic ring is 1. The molecule has 0 aliphatic rings. The van der Waals surface area contributed by atoms with Gasteiger partial charge in [0.05, 0.1) is 5.39 Å². The van der Waals surface area contributed by atoms with Gasteiger partial charge in [-0.1, -0.05) is 0 Å². The van der Waals surface area contributed by atoms with E-state index in [2.05, 4.69) is 32.6 Å². The Hall–Kier alpha value is -1.71. The number of anilines is 1. The van der Waals surface area contributed by atoms with Gasteiger partial charge in [-0.25, -0.2) is 14.8 Å². The molecular formula is C15H20IN5O2. The minimum Gasteiger partial charge on any atom is -0.456 e. The second-order valence-corrected chi connectivity index (χ2v) is 7.54. The van der Waals surface area contributed by atoms with E-state index in [-0.39, 0.29) is 18.2 Å². The largest absolute Gasteiger partial charge is 0.456 e. The molecule has 2 aromatic rings. The van der Waals surface area contributed by atoms with Gasteiger partial charge >= 0.3 is 5.97 Å². The number of carbonyl (C=O) groups is 1. The van der Waals surface area contributed by atoms with Crippen LogP contribution >= 0.6 is 22.6 Å². The number of esters is 1. The Labute approximate surface area is 148 Å². The first-order valence-corrected chi connectivity index (χ1v) is 8.25. The van der Waals surface area contributed by atoms with Crippen molar-refractivity contribution in [2.45, 2.75) is 45.8 Å². The number of halogens is 1. The van der Waals surface area contributed by atoms with Gasteiger partial charge in [0.1, 0.15) is 29.1 Å². The van der Waals surface area contributed by atoms with Gasteiger partial charge in [0.25, 0.3) is 0 Å². The van der Waals surface area contributed by atoms with E-state index in [1.165, 1.54) is 6.33 Å². The van der Waals surface area contributed by atoms with Crippen LogP contribution < -0.4 is 5.73 Å². The first kappa shape index (κ1) is 17.6. The van der Waals surface area contributed by atoms with Crippen LogP contribution in [0.2, 0.25) is 0 Å². The SMILES string of the molecule is C[C@@H](CC(=N)C(=O)OC(C)(C)C)n1cc(I)c2c(N)ncnc21. The van der Waals surface area contributed by atoms with Crippen molar-refractivity contribution in [1.82, 2.24) is 14.5 Å². The highest BCUT2D eigenvalue weighted by molar-refractivity contribution is 14.1. The van der Waals surface area contributed by atoms with E-state index < -0.39 is 11.6 Å². The third-order valence-electron chi connectivity index (χ3n) is 3.21. The molecule has 0 aliphatic heterocycles. The zero-order chi connectivity index (χ0) is 17.4. The second-order valence-electron chi connectivity index (χ2n) is 6.38. The summed E-state index contributed by atoms with van der Waals surface area (Å²) < 4.78 is 8.08. The van der Waals surface area contributed by atoms with E-state index in [1.54, 1.807) is 20.8 Å². The molecule has 0 saturated carbocycles. The Balaban J connectivity index is 2.22. The standard InChI is InChI=1S/C15H20IN5O2/c1-8(5-10(17)14(22)23-15(2,3)4)21-6-9(16)11-12(18)19-7-20-13(11)21/h6-8,17H,5H2,1-4H3,(H2,18,19,20)/t8-/m0/s1. The number of nitrogens with one attached hydrogen (secondary N) is 1. The summed E-state index contributed by atoms with van der Waals surface area (Å²) in [6, 6.07) is -0.129. The van der Waals surface area contributed by atoms with Crippen LogP contribution in [-0.4, -0.2) is 31.8 Å². The number of hydrogen-bond acceptors (Lipinski definition) is 6. The van der Waals surface area contributed by atoms with E-state index in [4.69, 9.17) is 15.9 Å². The fourth-order valence-electron chi connectivity index (χ4n) is 2.21. The highest BCUT2D eigenvalue weighted by atomic mass is 127. The number of fused-ring (bicyclic) bond motifs is 1. The van der Waals surface area contributed by atoms with E-state index in [0.29, 0.717) is 11.5 Å². The Bertz CT molecular complexity index is 763. The molecule has 2 heterocycles. The molecule has 0 aliphatic carbocycles. The quantitative estimate of drug-likeness (QED) is 0.442. The Morgan fingerprint density at radius 3 is 2.74 bits per heavy atom. The lowest BCUT2D eigenvalue weighted by atomic mass is 10.1. The highest BCUT2D eigenvalue weighted by Crippen LogP contribution is 2.28. The molecule has 0 radical (unpaired) electrons. The second kappa shape index (κ2) is 6.42. The van der Waals surface area contributed by atoms with Crippen LogP contribution in [0.4, 0.5) is 5.82 Å². The van der Waals surface area contributed by atoms with Gasteiger partial charge in [-0.05, 0) is 50.3 Å². The molecule has 0 unspecified atom stereocenters.